The molecule has 0 aliphatic rings. The summed E-state index contributed by atoms with van der Waals surface area (Å²) in [6, 6.07) is 24.0. The Balaban J connectivity index is 1.82. The first kappa shape index (κ1) is 18.1. The van der Waals surface area contributed by atoms with Crippen LogP contribution >= 0.6 is 0 Å². The Bertz CT molecular complexity index is 1020. The van der Waals surface area contributed by atoms with Gasteiger partial charge < -0.3 is 10.3 Å². The first-order chi connectivity index (χ1) is 13.2. The zero-order valence-corrected chi connectivity index (χ0v) is 14.9. The summed E-state index contributed by atoms with van der Waals surface area (Å²) < 4.78 is 5.48. The zero-order chi connectivity index (χ0) is 19.1. The minimum Gasteiger partial charge on any atom is -0.422 e. The molecule has 27 heavy (non-hydrogen) atoms. The molecule has 0 amide bonds. The fourth-order valence-electron chi connectivity index (χ4n) is 2.60. The van der Waals surface area contributed by atoms with E-state index < -0.39 is 5.97 Å². The molecule has 0 heterocycles. The topological polar surface area (TPSA) is 62.7 Å². The molecular weight excluding hydrogens is 336 g/mol. The van der Waals surface area contributed by atoms with E-state index in [4.69, 9.17) is 4.74 Å². The number of carbonyl (C=O) groups is 1. The van der Waals surface area contributed by atoms with Gasteiger partial charge in [-0.25, -0.2) is 4.79 Å². The smallest absolute Gasteiger partial charge is 0.336 e. The quantitative estimate of drug-likeness (QED) is 0.167. The summed E-state index contributed by atoms with van der Waals surface area (Å²) in [5, 5.41) is 0. The van der Waals surface area contributed by atoms with Gasteiger partial charge in [-0.1, -0.05) is 60.2 Å². The van der Waals surface area contributed by atoms with E-state index in [1.54, 1.807) is 30.3 Å². The standard InChI is InChI=1S/C23H18N2O2/c1-17-11-13-18(14-12-17)15-16-22(26)27-21-10-6-5-9-20(21)23(25-24)19-7-3-2-4-8-19/h2-16H,1H3/b16-15+. The molecule has 0 spiro atoms. The molecule has 0 saturated carbocycles. The van der Waals surface area contributed by atoms with Gasteiger partial charge in [-0.2, -0.15) is 4.79 Å². The van der Waals surface area contributed by atoms with Gasteiger partial charge in [0, 0.05) is 6.08 Å². The second kappa shape index (κ2) is 8.56. The van der Waals surface area contributed by atoms with Crippen molar-refractivity contribution < 1.29 is 14.3 Å². The molecule has 0 aliphatic heterocycles. The third-order valence-electron chi connectivity index (χ3n) is 3.99. The third kappa shape index (κ3) is 4.66. The maximum Gasteiger partial charge on any atom is 0.336 e. The van der Waals surface area contributed by atoms with Crippen LogP contribution in [0.2, 0.25) is 0 Å². The lowest BCUT2D eigenvalue weighted by Crippen LogP contribution is -2.11. The molecule has 0 fully saturated rings. The maximum atomic E-state index is 12.2. The van der Waals surface area contributed by atoms with Gasteiger partial charge in [0.1, 0.15) is 11.3 Å². The van der Waals surface area contributed by atoms with Crippen LogP contribution in [0, 0.1) is 6.92 Å². The molecule has 0 unspecified atom stereocenters. The van der Waals surface area contributed by atoms with Gasteiger partial charge in [-0.15, -0.1) is 0 Å². The summed E-state index contributed by atoms with van der Waals surface area (Å²) in [5.74, 6) is -0.180. The second-order valence-corrected chi connectivity index (χ2v) is 5.98. The number of esters is 1. The number of nitrogens with zero attached hydrogens (tertiary/aromatic N) is 2. The SMILES string of the molecule is Cc1ccc(/C=C/C(=O)Oc2ccccc2C(=[N+]=[N-])c2ccccc2)cc1. The van der Waals surface area contributed by atoms with Crippen molar-refractivity contribution in [2.75, 3.05) is 0 Å². The first-order valence-corrected chi connectivity index (χ1v) is 8.51. The predicted octanol–water partition coefficient (Wildman–Crippen LogP) is 4.68. The van der Waals surface area contributed by atoms with Gasteiger partial charge in [0.2, 0.25) is 0 Å². The molecule has 3 rings (SSSR count). The lowest BCUT2D eigenvalue weighted by Gasteiger charge is -2.06. The normalized spacial score (nSPS) is 10.4. The van der Waals surface area contributed by atoms with Crippen LogP contribution in [0.15, 0.2) is 84.9 Å². The van der Waals surface area contributed by atoms with Crippen LogP contribution in [0.1, 0.15) is 22.3 Å². The highest BCUT2D eigenvalue weighted by molar-refractivity contribution is 6.11. The molecule has 0 N–H and O–H groups in total. The Kier molecular flexibility index (Phi) is 5.73. The summed E-state index contributed by atoms with van der Waals surface area (Å²) in [6.07, 6.45) is 3.07. The van der Waals surface area contributed by atoms with Gasteiger partial charge in [0.15, 0.2) is 0 Å². The average molecular weight is 354 g/mol. The van der Waals surface area contributed by atoms with Gasteiger partial charge >= 0.3 is 11.7 Å². The number of para-hydroxylation sites is 1. The highest BCUT2D eigenvalue weighted by Gasteiger charge is 2.20. The van der Waals surface area contributed by atoms with E-state index >= 15 is 0 Å². The summed E-state index contributed by atoms with van der Waals surface area (Å²) in [4.78, 5) is 15.6. The van der Waals surface area contributed by atoms with Crippen molar-refractivity contribution in [3.8, 4) is 5.75 Å². The van der Waals surface area contributed by atoms with Gasteiger partial charge in [-0.3, -0.25) is 0 Å². The van der Waals surface area contributed by atoms with E-state index in [-0.39, 0.29) is 0 Å². The van der Waals surface area contributed by atoms with Crippen LogP contribution < -0.4 is 4.74 Å². The Hall–Kier alpha value is -3.75. The highest BCUT2D eigenvalue weighted by Crippen LogP contribution is 2.21. The summed E-state index contributed by atoms with van der Waals surface area (Å²) in [5.41, 5.74) is 13.1. The van der Waals surface area contributed by atoms with Crippen molar-refractivity contribution in [2.45, 2.75) is 6.92 Å². The summed E-state index contributed by atoms with van der Waals surface area (Å²) in [6.45, 7) is 2.01. The van der Waals surface area contributed by atoms with Crippen LogP contribution in [0.4, 0.5) is 0 Å². The number of hydrogen-bond donors (Lipinski definition) is 0. The number of hydrogen-bond acceptors (Lipinski definition) is 2. The number of carbonyl (C=O) groups excluding carboxylic acids is 1. The minimum absolute atomic E-state index is 0.327. The summed E-state index contributed by atoms with van der Waals surface area (Å²) in [7, 11) is 0. The van der Waals surface area contributed by atoms with E-state index in [0.717, 1.165) is 16.7 Å². The second-order valence-electron chi connectivity index (χ2n) is 5.98. The van der Waals surface area contributed by atoms with E-state index in [0.29, 0.717) is 17.0 Å². The minimum atomic E-state index is -0.506. The lowest BCUT2D eigenvalue weighted by atomic mass is 10.0. The predicted molar refractivity (Wildman–Crippen MR) is 106 cm³/mol. The van der Waals surface area contributed by atoms with Crippen LogP contribution in [0.5, 0.6) is 5.75 Å². The average Bonchev–Trinajstić information content (AvgIpc) is 2.70. The fraction of sp³-hybridized carbons (Fsp3) is 0.0435. The van der Waals surface area contributed by atoms with Crippen LogP contribution in [-0.2, 0) is 4.79 Å². The van der Waals surface area contributed by atoms with Crippen molar-refractivity contribution in [1.82, 2.24) is 0 Å². The number of aryl methyl sites for hydroxylation is 1. The van der Waals surface area contributed by atoms with E-state index in [1.165, 1.54) is 6.08 Å². The van der Waals surface area contributed by atoms with Gasteiger partial charge in [0.05, 0.1) is 5.56 Å². The molecule has 4 nitrogen and oxygen atoms in total. The third-order valence-corrected chi connectivity index (χ3v) is 3.99. The largest absolute Gasteiger partial charge is 0.422 e. The molecule has 0 bridgehead atoms. The number of ether oxygens (including phenoxy) is 1. The van der Waals surface area contributed by atoms with Crippen LogP contribution in [-0.4, -0.2) is 16.5 Å². The van der Waals surface area contributed by atoms with E-state index in [1.807, 2.05) is 61.5 Å². The van der Waals surface area contributed by atoms with Crippen molar-refractivity contribution in [3.63, 3.8) is 0 Å². The first-order valence-electron chi connectivity index (χ1n) is 8.51. The van der Waals surface area contributed by atoms with Gasteiger partial charge in [0.25, 0.3) is 0 Å². The van der Waals surface area contributed by atoms with E-state index in [9.17, 15) is 10.3 Å². The Morgan fingerprint density at radius 1 is 0.926 bits per heavy atom. The van der Waals surface area contributed by atoms with Crippen LogP contribution in [0.25, 0.3) is 11.6 Å². The summed E-state index contributed by atoms with van der Waals surface area (Å²) >= 11 is 0. The Labute approximate surface area is 158 Å². The molecule has 4 heteroatoms. The molecule has 0 aromatic heterocycles. The van der Waals surface area contributed by atoms with Crippen molar-refractivity contribution in [2.24, 2.45) is 0 Å². The Morgan fingerprint density at radius 2 is 1.59 bits per heavy atom. The van der Waals surface area contributed by atoms with E-state index in [2.05, 4.69) is 4.79 Å². The van der Waals surface area contributed by atoms with Gasteiger partial charge in [-0.05, 0) is 42.8 Å². The molecule has 0 saturated heterocycles. The zero-order valence-electron chi connectivity index (χ0n) is 14.9. The van der Waals surface area contributed by atoms with Crippen molar-refractivity contribution in [3.05, 3.63) is 113 Å². The highest BCUT2D eigenvalue weighted by atomic mass is 16.5. The van der Waals surface area contributed by atoms with Crippen molar-refractivity contribution >= 4 is 17.8 Å². The Morgan fingerprint density at radius 3 is 2.30 bits per heavy atom. The van der Waals surface area contributed by atoms with Crippen LogP contribution in [0.3, 0.4) is 0 Å². The lowest BCUT2D eigenvalue weighted by molar-refractivity contribution is -0.128. The molecule has 3 aromatic rings. The molecule has 0 radical (unpaired) electrons. The molecule has 0 aliphatic carbocycles. The molecule has 132 valence electrons. The molecular formula is C23H18N2O2. The molecule has 0 atom stereocenters. The number of rotatable bonds is 5. The van der Waals surface area contributed by atoms with Crippen molar-refractivity contribution in [1.29, 1.82) is 0 Å². The molecule has 3 aromatic carbocycles. The maximum absolute atomic E-state index is 12.2. The fourth-order valence-corrected chi connectivity index (χ4v) is 2.60. The number of benzene rings is 3. The monoisotopic (exact) mass is 354 g/mol.